The Morgan fingerprint density at radius 3 is 2.76 bits per heavy atom. The molecule has 2 aromatic carbocycles. The van der Waals surface area contributed by atoms with Gasteiger partial charge in [0.15, 0.2) is 5.78 Å². The molecule has 0 saturated heterocycles. The Morgan fingerprint density at radius 2 is 2.00 bits per heavy atom. The summed E-state index contributed by atoms with van der Waals surface area (Å²) in [6, 6.07) is 15.3. The van der Waals surface area contributed by atoms with Crippen molar-refractivity contribution in [1.82, 2.24) is 4.57 Å². The number of hydrogen-bond acceptors (Lipinski definition) is 2. The van der Waals surface area contributed by atoms with Crippen LogP contribution in [0.1, 0.15) is 10.4 Å². The molecule has 0 fully saturated rings. The van der Waals surface area contributed by atoms with Gasteiger partial charge in [0.1, 0.15) is 17.6 Å². The molecular weight excluding hydrogens is 330 g/mol. The Hall–Kier alpha value is -2.14. The van der Waals surface area contributed by atoms with E-state index in [1.165, 1.54) is 0 Å². The number of fused-ring (bicyclic) bond motifs is 1. The number of nitrogens with two attached hydrogens (primary N) is 1. The molecule has 2 N–H and O–H groups in total. The molecule has 0 atom stereocenters. The molecule has 5 heteroatoms. The Labute approximate surface area is 130 Å². The first-order chi connectivity index (χ1) is 10.1. The third-order valence-corrected chi connectivity index (χ3v) is 4.10. The van der Waals surface area contributed by atoms with Crippen molar-refractivity contribution >= 4 is 38.7 Å². The summed E-state index contributed by atoms with van der Waals surface area (Å²) >= 11 is 3.39. The topological polar surface area (TPSA) is 51.9 Å². The van der Waals surface area contributed by atoms with E-state index in [4.69, 9.17) is 5.73 Å². The second-order valence-corrected chi connectivity index (χ2v) is 5.84. The van der Waals surface area contributed by atoms with Crippen molar-refractivity contribution in [3.8, 4) is 0 Å². The van der Waals surface area contributed by atoms with Gasteiger partial charge < -0.3 is 0 Å². The van der Waals surface area contributed by atoms with Crippen LogP contribution in [-0.4, -0.2) is 10.4 Å². The normalized spacial score (nSPS) is 11.0. The molecule has 3 aromatic rings. The van der Waals surface area contributed by atoms with E-state index >= 15 is 0 Å². The van der Waals surface area contributed by atoms with Crippen LogP contribution in [0.2, 0.25) is 0 Å². The number of halogens is 1. The fourth-order valence-electron chi connectivity index (χ4n) is 2.47. The highest BCUT2D eigenvalue weighted by Crippen LogP contribution is 2.17. The Morgan fingerprint density at radius 1 is 1.24 bits per heavy atom. The first-order valence-electron chi connectivity index (χ1n) is 6.59. The summed E-state index contributed by atoms with van der Waals surface area (Å²) < 4.78 is 4.63. The van der Waals surface area contributed by atoms with Gasteiger partial charge in [-0.1, -0.05) is 40.2 Å². The van der Waals surface area contributed by atoms with Crippen LogP contribution in [0, 0.1) is 0 Å². The van der Waals surface area contributed by atoms with Gasteiger partial charge >= 0.3 is 5.95 Å². The highest BCUT2D eigenvalue weighted by atomic mass is 79.9. The number of carbonyl (C=O) groups is 1. The maximum Gasteiger partial charge on any atom is 0.356 e. The van der Waals surface area contributed by atoms with Crippen molar-refractivity contribution in [1.29, 1.82) is 0 Å². The predicted octanol–water partition coefficient (Wildman–Crippen LogP) is 2.69. The first-order valence-corrected chi connectivity index (χ1v) is 7.38. The summed E-state index contributed by atoms with van der Waals surface area (Å²) in [4.78, 5) is 12.5. The third kappa shape index (κ3) is 2.45. The number of nitrogen functional groups attached to an aromatic ring is 1. The number of aryl methyl sites for hydroxylation is 1. The molecule has 0 bridgehead atoms. The van der Waals surface area contributed by atoms with Crippen molar-refractivity contribution in [3.05, 3.63) is 58.6 Å². The predicted molar refractivity (Wildman–Crippen MR) is 86.0 cm³/mol. The van der Waals surface area contributed by atoms with E-state index < -0.39 is 0 Å². The number of rotatable bonds is 3. The number of carbonyl (C=O) groups excluding carboxylic acids is 1. The number of nitrogens with zero attached hydrogens (tertiary/aromatic N) is 2. The fraction of sp³-hybridized carbons (Fsp3) is 0.125. The lowest BCUT2D eigenvalue weighted by Gasteiger charge is -2.02. The molecule has 0 amide bonds. The smallest absolute Gasteiger partial charge is 0.291 e. The molecule has 3 rings (SSSR count). The second kappa shape index (κ2) is 5.33. The molecule has 0 aliphatic carbocycles. The highest BCUT2D eigenvalue weighted by molar-refractivity contribution is 9.10. The van der Waals surface area contributed by atoms with Gasteiger partial charge in [-0.05, 0) is 24.3 Å². The lowest BCUT2D eigenvalue weighted by molar-refractivity contribution is -0.630. The van der Waals surface area contributed by atoms with Gasteiger partial charge in [-0.15, -0.1) is 0 Å². The first kappa shape index (κ1) is 13.8. The summed E-state index contributed by atoms with van der Waals surface area (Å²) in [5.41, 5.74) is 8.78. The zero-order chi connectivity index (χ0) is 15.0. The van der Waals surface area contributed by atoms with Crippen molar-refractivity contribution < 1.29 is 9.36 Å². The van der Waals surface area contributed by atoms with Gasteiger partial charge in [-0.2, -0.15) is 0 Å². The maximum atomic E-state index is 12.5. The van der Waals surface area contributed by atoms with E-state index in [2.05, 4.69) is 15.9 Å². The van der Waals surface area contributed by atoms with Crippen LogP contribution < -0.4 is 10.3 Å². The standard InChI is InChI=1S/C16H14BrN3O/c1-19-13-7-2-3-8-14(13)20(16(19)18)10-15(21)11-5-4-6-12(17)9-11/h2-9,18H,10H2,1H3/p+1. The number of para-hydroxylation sites is 2. The van der Waals surface area contributed by atoms with Crippen molar-refractivity contribution in [2.24, 2.45) is 7.05 Å². The van der Waals surface area contributed by atoms with Crippen molar-refractivity contribution in [2.45, 2.75) is 6.54 Å². The van der Waals surface area contributed by atoms with Crippen LogP contribution in [0.5, 0.6) is 0 Å². The molecule has 0 aliphatic heterocycles. The van der Waals surface area contributed by atoms with Crippen LogP contribution in [-0.2, 0) is 13.6 Å². The Kier molecular flexibility index (Phi) is 3.51. The minimum atomic E-state index is 0.0318. The lowest BCUT2D eigenvalue weighted by atomic mass is 10.1. The van der Waals surface area contributed by atoms with E-state index in [1.54, 1.807) is 0 Å². The third-order valence-electron chi connectivity index (χ3n) is 3.60. The second-order valence-electron chi connectivity index (χ2n) is 4.93. The van der Waals surface area contributed by atoms with E-state index in [1.807, 2.05) is 64.7 Å². The minimum Gasteiger partial charge on any atom is -0.291 e. The monoisotopic (exact) mass is 344 g/mol. The van der Waals surface area contributed by atoms with Crippen LogP contribution >= 0.6 is 15.9 Å². The van der Waals surface area contributed by atoms with Gasteiger partial charge in [0.25, 0.3) is 0 Å². The highest BCUT2D eigenvalue weighted by Gasteiger charge is 2.20. The van der Waals surface area contributed by atoms with Crippen molar-refractivity contribution in [2.75, 3.05) is 5.73 Å². The summed E-state index contributed by atoms with van der Waals surface area (Å²) in [5, 5.41) is 0. The minimum absolute atomic E-state index is 0.0318. The lowest BCUT2D eigenvalue weighted by Crippen LogP contribution is -2.31. The average Bonchev–Trinajstić information content (AvgIpc) is 2.73. The van der Waals surface area contributed by atoms with E-state index in [-0.39, 0.29) is 12.3 Å². The largest absolute Gasteiger partial charge is 0.356 e. The molecule has 0 spiro atoms. The molecule has 1 aromatic heterocycles. The zero-order valence-electron chi connectivity index (χ0n) is 11.6. The molecule has 106 valence electrons. The summed E-state index contributed by atoms with van der Waals surface area (Å²) in [6.07, 6.45) is 0. The summed E-state index contributed by atoms with van der Waals surface area (Å²) in [6.45, 7) is 0.226. The Balaban J connectivity index is 2.02. The van der Waals surface area contributed by atoms with E-state index in [0.29, 0.717) is 11.5 Å². The molecule has 1 heterocycles. The zero-order valence-corrected chi connectivity index (χ0v) is 13.2. The van der Waals surface area contributed by atoms with Gasteiger partial charge in [0, 0.05) is 10.0 Å². The maximum absolute atomic E-state index is 12.5. The van der Waals surface area contributed by atoms with Gasteiger partial charge in [0.2, 0.25) is 0 Å². The van der Waals surface area contributed by atoms with E-state index in [0.717, 1.165) is 15.5 Å². The number of hydrogen-bond donors (Lipinski definition) is 1. The van der Waals surface area contributed by atoms with Crippen LogP contribution in [0.15, 0.2) is 53.0 Å². The number of imidazole rings is 1. The molecule has 0 aliphatic rings. The SMILES string of the molecule is C[n+]1c(N)n(CC(=O)c2cccc(Br)c2)c2ccccc21. The average molecular weight is 345 g/mol. The molecule has 21 heavy (non-hydrogen) atoms. The summed E-state index contributed by atoms with van der Waals surface area (Å²) in [7, 11) is 1.90. The van der Waals surface area contributed by atoms with Gasteiger partial charge in [-0.3, -0.25) is 10.5 Å². The van der Waals surface area contributed by atoms with Gasteiger partial charge in [-0.25, -0.2) is 9.13 Å². The quantitative estimate of drug-likeness (QED) is 0.586. The number of aromatic nitrogens is 2. The number of anilines is 1. The molecular formula is C16H15BrN3O+. The van der Waals surface area contributed by atoms with Crippen molar-refractivity contribution in [3.63, 3.8) is 0 Å². The van der Waals surface area contributed by atoms with Gasteiger partial charge in [0.05, 0.1) is 7.05 Å². The molecule has 4 nitrogen and oxygen atoms in total. The molecule has 0 radical (unpaired) electrons. The fourth-order valence-corrected chi connectivity index (χ4v) is 2.87. The summed E-state index contributed by atoms with van der Waals surface area (Å²) in [5.74, 6) is 0.601. The number of benzene rings is 2. The molecule has 0 saturated carbocycles. The van der Waals surface area contributed by atoms with Crippen LogP contribution in [0.4, 0.5) is 5.95 Å². The molecule has 0 unspecified atom stereocenters. The van der Waals surface area contributed by atoms with Crippen LogP contribution in [0.25, 0.3) is 11.0 Å². The van der Waals surface area contributed by atoms with Crippen LogP contribution in [0.3, 0.4) is 0 Å². The number of Topliss-reactive ketones (excluding diaryl/α,β-unsaturated/α-hetero) is 1. The number of ketones is 1. The van der Waals surface area contributed by atoms with E-state index in [9.17, 15) is 4.79 Å². The Bertz CT molecular complexity index is 839.